The van der Waals surface area contributed by atoms with Crippen molar-refractivity contribution in [3.05, 3.63) is 38.7 Å². The number of nitriles is 1. The molecule has 0 saturated carbocycles. The zero-order chi connectivity index (χ0) is 20.1. The number of morpholine rings is 1. The fourth-order valence-corrected chi connectivity index (χ4v) is 4.70. The standard InChI is InChI=1S/C19H19Cl2N3O3S/c1-26-7-4-23-18(25)17-16(13-3-2-12(20)10-15(13)21)14(11-22)19(28-17)24-5-8-27-9-6-24/h2-3,10H,4-9H2,1H3,(H,23,25). The molecule has 1 N–H and O–H groups in total. The fraction of sp³-hybridized carbons (Fsp3) is 0.368. The lowest BCUT2D eigenvalue weighted by Crippen LogP contribution is -2.36. The maximum Gasteiger partial charge on any atom is 0.262 e. The van der Waals surface area contributed by atoms with Crippen LogP contribution in [0.3, 0.4) is 0 Å². The second-order valence-corrected chi connectivity index (χ2v) is 7.91. The number of hydrogen-bond donors (Lipinski definition) is 1. The highest BCUT2D eigenvalue weighted by Crippen LogP contribution is 2.44. The van der Waals surface area contributed by atoms with Gasteiger partial charge in [0.15, 0.2) is 0 Å². The summed E-state index contributed by atoms with van der Waals surface area (Å²) in [6.07, 6.45) is 0. The molecule has 148 valence electrons. The van der Waals surface area contributed by atoms with Gasteiger partial charge in [-0.2, -0.15) is 5.26 Å². The highest BCUT2D eigenvalue weighted by Gasteiger charge is 2.28. The molecule has 0 aliphatic carbocycles. The summed E-state index contributed by atoms with van der Waals surface area (Å²) in [5.41, 5.74) is 1.58. The van der Waals surface area contributed by atoms with Crippen molar-refractivity contribution in [3.8, 4) is 17.2 Å². The van der Waals surface area contributed by atoms with Crippen LogP contribution in [-0.2, 0) is 9.47 Å². The monoisotopic (exact) mass is 439 g/mol. The summed E-state index contributed by atoms with van der Waals surface area (Å²) in [6, 6.07) is 7.32. The van der Waals surface area contributed by atoms with E-state index >= 15 is 0 Å². The molecular formula is C19H19Cl2N3O3S. The predicted octanol–water partition coefficient (Wildman–Crippen LogP) is 3.81. The summed E-state index contributed by atoms with van der Waals surface area (Å²) in [7, 11) is 1.57. The number of hydrogen-bond acceptors (Lipinski definition) is 6. The third-order valence-electron chi connectivity index (χ3n) is 4.30. The first kappa shape index (κ1) is 20.9. The van der Waals surface area contributed by atoms with E-state index < -0.39 is 0 Å². The number of halogens is 2. The lowest BCUT2D eigenvalue weighted by Gasteiger charge is -2.27. The van der Waals surface area contributed by atoms with Crippen molar-refractivity contribution in [2.75, 3.05) is 51.5 Å². The Morgan fingerprint density at radius 1 is 1.39 bits per heavy atom. The van der Waals surface area contributed by atoms with E-state index in [4.69, 9.17) is 32.7 Å². The number of carbonyl (C=O) groups is 1. The molecule has 1 saturated heterocycles. The maximum absolute atomic E-state index is 12.9. The smallest absolute Gasteiger partial charge is 0.262 e. The number of benzene rings is 1. The normalized spacial score (nSPS) is 14.0. The first-order valence-electron chi connectivity index (χ1n) is 8.69. The summed E-state index contributed by atoms with van der Waals surface area (Å²) in [4.78, 5) is 15.4. The first-order valence-corrected chi connectivity index (χ1v) is 10.3. The quantitative estimate of drug-likeness (QED) is 0.692. The Bertz CT molecular complexity index is 905. The van der Waals surface area contributed by atoms with Crippen molar-refractivity contribution >= 4 is 45.4 Å². The van der Waals surface area contributed by atoms with Crippen molar-refractivity contribution in [1.29, 1.82) is 5.26 Å². The van der Waals surface area contributed by atoms with Gasteiger partial charge in [0.2, 0.25) is 0 Å². The number of ether oxygens (including phenoxy) is 2. The molecule has 2 heterocycles. The number of methoxy groups -OCH3 is 1. The lowest BCUT2D eigenvalue weighted by molar-refractivity contribution is 0.0941. The molecule has 1 fully saturated rings. The maximum atomic E-state index is 12.9. The Kier molecular flexibility index (Phi) is 7.16. The van der Waals surface area contributed by atoms with Gasteiger partial charge in [0.1, 0.15) is 15.9 Å². The average molecular weight is 440 g/mol. The largest absolute Gasteiger partial charge is 0.383 e. The summed E-state index contributed by atoms with van der Waals surface area (Å²) >= 11 is 13.7. The number of rotatable bonds is 6. The molecule has 1 aromatic heterocycles. The third-order valence-corrected chi connectivity index (χ3v) is 6.10. The van der Waals surface area contributed by atoms with E-state index in [1.165, 1.54) is 11.3 Å². The molecule has 28 heavy (non-hydrogen) atoms. The number of thiophene rings is 1. The summed E-state index contributed by atoms with van der Waals surface area (Å²) < 4.78 is 10.4. The Balaban J connectivity index is 2.11. The van der Waals surface area contributed by atoms with Crippen LogP contribution in [0, 0.1) is 11.3 Å². The van der Waals surface area contributed by atoms with Gasteiger partial charge in [-0.05, 0) is 12.1 Å². The van der Waals surface area contributed by atoms with Gasteiger partial charge in [-0.1, -0.05) is 29.3 Å². The Labute approximate surface area is 177 Å². The summed E-state index contributed by atoms with van der Waals surface area (Å²) in [5, 5.41) is 14.4. The van der Waals surface area contributed by atoms with E-state index in [-0.39, 0.29) is 5.91 Å². The van der Waals surface area contributed by atoms with Crippen molar-refractivity contribution in [1.82, 2.24) is 5.32 Å². The van der Waals surface area contributed by atoms with Crippen LogP contribution in [0.4, 0.5) is 5.00 Å². The Morgan fingerprint density at radius 2 is 2.14 bits per heavy atom. The van der Waals surface area contributed by atoms with Crippen LogP contribution < -0.4 is 10.2 Å². The van der Waals surface area contributed by atoms with E-state index in [1.54, 1.807) is 25.3 Å². The number of carbonyl (C=O) groups excluding carboxylic acids is 1. The van der Waals surface area contributed by atoms with Crippen LogP contribution in [0.15, 0.2) is 18.2 Å². The molecule has 3 rings (SSSR count). The van der Waals surface area contributed by atoms with Crippen LogP contribution in [0.25, 0.3) is 11.1 Å². The minimum atomic E-state index is -0.265. The molecule has 0 unspecified atom stereocenters. The second-order valence-electron chi connectivity index (χ2n) is 6.07. The molecule has 1 aliphatic heterocycles. The highest BCUT2D eigenvalue weighted by molar-refractivity contribution is 7.19. The molecule has 1 aromatic carbocycles. The molecule has 1 amide bonds. The van der Waals surface area contributed by atoms with Gasteiger partial charge in [-0.3, -0.25) is 4.79 Å². The van der Waals surface area contributed by atoms with Crippen molar-refractivity contribution < 1.29 is 14.3 Å². The van der Waals surface area contributed by atoms with E-state index in [2.05, 4.69) is 16.3 Å². The average Bonchev–Trinajstić information content (AvgIpc) is 3.08. The number of nitrogens with one attached hydrogen (secondary N) is 1. The molecule has 0 bridgehead atoms. The zero-order valence-electron chi connectivity index (χ0n) is 15.3. The summed E-state index contributed by atoms with van der Waals surface area (Å²) in [6.45, 7) is 3.25. The van der Waals surface area contributed by atoms with E-state index in [0.29, 0.717) is 71.1 Å². The van der Waals surface area contributed by atoms with Gasteiger partial charge in [-0.25, -0.2) is 0 Å². The topological polar surface area (TPSA) is 74.6 Å². The van der Waals surface area contributed by atoms with E-state index in [0.717, 1.165) is 5.00 Å². The molecule has 6 nitrogen and oxygen atoms in total. The van der Waals surface area contributed by atoms with Gasteiger partial charge in [0, 0.05) is 47.9 Å². The second kappa shape index (κ2) is 9.59. The van der Waals surface area contributed by atoms with Gasteiger partial charge in [-0.15, -0.1) is 11.3 Å². The molecule has 0 radical (unpaired) electrons. The molecular weight excluding hydrogens is 421 g/mol. The highest BCUT2D eigenvalue weighted by atomic mass is 35.5. The fourth-order valence-electron chi connectivity index (χ4n) is 2.97. The molecule has 0 atom stereocenters. The first-order chi connectivity index (χ1) is 13.6. The zero-order valence-corrected chi connectivity index (χ0v) is 17.6. The molecule has 1 aliphatic rings. The minimum Gasteiger partial charge on any atom is -0.383 e. The third kappa shape index (κ3) is 4.43. The van der Waals surface area contributed by atoms with Gasteiger partial charge in [0.25, 0.3) is 5.91 Å². The Morgan fingerprint density at radius 3 is 2.79 bits per heavy atom. The Hall–Kier alpha value is -1.82. The number of amides is 1. The number of nitrogens with zero attached hydrogens (tertiary/aromatic N) is 2. The van der Waals surface area contributed by atoms with Crippen LogP contribution in [-0.4, -0.2) is 52.5 Å². The van der Waals surface area contributed by atoms with Crippen LogP contribution in [0.5, 0.6) is 0 Å². The van der Waals surface area contributed by atoms with Gasteiger partial charge >= 0.3 is 0 Å². The van der Waals surface area contributed by atoms with Crippen molar-refractivity contribution in [3.63, 3.8) is 0 Å². The summed E-state index contributed by atoms with van der Waals surface area (Å²) in [5.74, 6) is -0.265. The lowest BCUT2D eigenvalue weighted by atomic mass is 10.0. The minimum absolute atomic E-state index is 0.265. The van der Waals surface area contributed by atoms with Gasteiger partial charge < -0.3 is 19.7 Å². The molecule has 2 aromatic rings. The molecule has 0 spiro atoms. The predicted molar refractivity (Wildman–Crippen MR) is 112 cm³/mol. The van der Waals surface area contributed by atoms with Gasteiger partial charge in [0.05, 0.1) is 25.4 Å². The van der Waals surface area contributed by atoms with E-state index in [1.807, 2.05) is 0 Å². The molecule has 9 heteroatoms. The van der Waals surface area contributed by atoms with Crippen LogP contribution >= 0.6 is 34.5 Å². The number of anilines is 1. The van der Waals surface area contributed by atoms with Crippen molar-refractivity contribution in [2.24, 2.45) is 0 Å². The van der Waals surface area contributed by atoms with Crippen LogP contribution in [0.2, 0.25) is 10.0 Å². The van der Waals surface area contributed by atoms with E-state index in [9.17, 15) is 10.1 Å². The van der Waals surface area contributed by atoms with Crippen molar-refractivity contribution in [2.45, 2.75) is 0 Å². The SMILES string of the molecule is COCCNC(=O)c1sc(N2CCOCC2)c(C#N)c1-c1ccc(Cl)cc1Cl. The van der Waals surface area contributed by atoms with Crippen LogP contribution in [0.1, 0.15) is 15.2 Å².